The van der Waals surface area contributed by atoms with Crippen molar-refractivity contribution in [1.29, 1.82) is 0 Å². The minimum atomic E-state index is -3.31. The molecule has 2 rings (SSSR count). The normalized spacial score (nSPS) is 21.9. The molecular formula is C28H61N2NaO10S2. The first kappa shape index (κ1) is 52.2. The van der Waals surface area contributed by atoms with E-state index in [1.165, 1.54) is 14.2 Å². The third-order valence-corrected chi connectivity index (χ3v) is 11.3. The van der Waals surface area contributed by atoms with Crippen LogP contribution in [0, 0.1) is 11.8 Å². The van der Waals surface area contributed by atoms with Gasteiger partial charge in [0.25, 0.3) is 0 Å². The van der Waals surface area contributed by atoms with E-state index in [2.05, 4.69) is 9.44 Å². The standard InChI is InChI=1S/2C12H23NO4S.CH4O.CH3O.2CH4.Na/c2*1-12(2,3)18(15,16)13-10-7-5-9(6-8-10)11(14)17-4;2*1-2;;;/h2*9-10,13H,5-8H2,1-4H3;2H,1H3;1H3;2*1H4;/q;;;-1;;;+1. The molecule has 3 N–H and O–H groups in total. The molecule has 0 amide bonds. The van der Waals surface area contributed by atoms with Crippen molar-refractivity contribution < 1.29 is 75.7 Å². The predicted molar refractivity (Wildman–Crippen MR) is 167 cm³/mol. The second-order valence-corrected chi connectivity index (χ2v) is 16.5. The summed E-state index contributed by atoms with van der Waals surface area (Å²) in [4.78, 5) is 22.7. The van der Waals surface area contributed by atoms with Gasteiger partial charge in [-0.05, 0) is 92.9 Å². The smallest absolute Gasteiger partial charge is 0.857 e. The predicted octanol–water partition coefficient (Wildman–Crippen LogP) is -0.267. The maximum atomic E-state index is 12.0. The minimum absolute atomic E-state index is 0. The summed E-state index contributed by atoms with van der Waals surface area (Å²) in [5.74, 6) is -0.532. The molecule has 0 spiro atoms. The maximum absolute atomic E-state index is 12.0. The Morgan fingerprint density at radius 2 is 0.837 bits per heavy atom. The SMILES string of the molecule is C.C.CO.COC(=O)C1CCC(NS(=O)(=O)C(C)(C)C)CC1.COC(=O)C1CCC(NS(=O)(=O)C(C)(C)C)CC1.C[O-].[Na+]. The summed E-state index contributed by atoms with van der Waals surface area (Å²) in [7, 11) is -2.09. The summed E-state index contributed by atoms with van der Waals surface area (Å²) in [5, 5.41) is 15.2. The molecule has 0 saturated heterocycles. The first-order valence-electron chi connectivity index (χ1n) is 13.4. The van der Waals surface area contributed by atoms with E-state index in [9.17, 15) is 26.4 Å². The van der Waals surface area contributed by atoms with Crippen LogP contribution in [0.15, 0.2) is 0 Å². The number of carbonyl (C=O) groups excluding carboxylic acids is 2. The molecule has 2 aliphatic rings. The van der Waals surface area contributed by atoms with E-state index in [1.807, 2.05) is 0 Å². The van der Waals surface area contributed by atoms with Crippen LogP contribution in [0.4, 0.5) is 0 Å². The zero-order valence-corrected chi connectivity index (χ0v) is 30.5. The third kappa shape index (κ3) is 18.4. The van der Waals surface area contributed by atoms with Gasteiger partial charge in [0.2, 0.25) is 20.0 Å². The van der Waals surface area contributed by atoms with E-state index in [0.717, 1.165) is 14.2 Å². The van der Waals surface area contributed by atoms with Crippen LogP contribution < -0.4 is 44.1 Å². The number of aliphatic hydroxyl groups is 1. The van der Waals surface area contributed by atoms with Gasteiger partial charge in [-0.25, -0.2) is 26.3 Å². The molecule has 0 radical (unpaired) electrons. The third-order valence-electron chi connectivity index (χ3n) is 6.78. The summed E-state index contributed by atoms with van der Waals surface area (Å²) in [6.45, 7) is 10.1. The summed E-state index contributed by atoms with van der Waals surface area (Å²) in [6, 6.07) is -0.120. The van der Waals surface area contributed by atoms with E-state index >= 15 is 0 Å². The van der Waals surface area contributed by atoms with Crippen molar-refractivity contribution in [3.05, 3.63) is 0 Å². The fourth-order valence-electron chi connectivity index (χ4n) is 4.02. The van der Waals surface area contributed by atoms with Gasteiger partial charge in [0.05, 0.1) is 35.5 Å². The van der Waals surface area contributed by atoms with Gasteiger partial charge in [-0.3, -0.25) is 9.59 Å². The number of ether oxygens (including phenoxy) is 2. The van der Waals surface area contributed by atoms with Crippen LogP contribution in [0.3, 0.4) is 0 Å². The Morgan fingerprint density at radius 3 is 1.00 bits per heavy atom. The monoisotopic (exact) mass is 672 g/mol. The molecule has 256 valence electrons. The van der Waals surface area contributed by atoms with Crippen molar-refractivity contribution in [2.24, 2.45) is 11.8 Å². The first-order valence-corrected chi connectivity index (χ1v) is 16.4. The number of methoxy groups -OCH3 is 2. The molecule has 15 heteroatoms. The molecule has 0 aromatic heterocycles. The molecule has 0 heterocycles. The van der Waals surface area contributed by atoms with Gasteiger partial charge in [-0.2, -0.15) is 7.11 Å². The van der Waals surface area contributed by atoms with Crippen LogP contribution in [0.1, 0.15) is 108 Å². The second-order valence-electron chi connectivity index (χ2n) is 11.6. The molecule has 0 bridgehead atoms. The molecule has 2 saturated carbocycles. The van der Waals surface area contributed by atoms with E-state index in [1.54, 1.807) is 41.5 Å². The number of hydrogen-bond donors (Lipinski definition) is 3. The number of nitrogens with one attached hydrogen (secondary N) is 2. The van der Waals surface area contributed by atoms with Crippen molar-refractivity contribution in [3.63, 3.8) is 0 Å². The first-order chi connectivity index (χ1) is 18.3. The number of carbonyl (C=O) groups is 2. The van der Waals surface area contributed by atoms with E-state index in [0.29, 0.717) is 51.4 Å². The molecular weight excluding hydrogens is 611 g/mol. The Balaban J connectivity index is -0.000000189. The molecule has 12 nitrogen and oxygen atoms in total. The van der Waals surface area contributed by atoms with Crippen molar-refractivity contribution in [2.45, 2.75) is 129 Å². The molecule has 0 unspecified atom stereocenters. The van der Waals surface area contributed by atoms with Crippen LogP contribution in [0.5, 0.6) is 0 Å². The van der Waals surface area contributed by atoms with E-state index in [4.69, 9.17) is 19.7 Å². The number of aliphatic hydroxyl groups excluding tert-OH is 1. The van der Waals surface area contributed by atoms with Crippen molar-refractivity contribution >= 4 is 32.0 Å². The number of sulfonamides is 2. The van der Waals surface area contributed by atoms with Gasteiger partial charge in [-0.15, -0.1) is 0 Å². The molecule has 0 aliphatic heterocycles. The summed E-state index contributed by atoms with van der Waals surface area (Å²) >= 11 is 0. The molecule has 43 heavy (non-hydrogen) atoms. The maximum Gasteiger partial charge on any atom is 1.00 e. The van der Waals surface area contributed by atoms with E-state index in [-0.39, 0.29) is 80.3 Å². The van der Waals surface area contributed by atoms with Gasteiger partial charge in [0.1, 0.15) is 0 Å². The number of rotatable bonds is 6. The zero-order chi connectivity index (χ0) is 31.9. The van der Waals surface area contributed by atoms with Crippen molar-refractivity contribution in [1.82, 2.24) is 9.44 Å². The molecule has 2 aliphatic carbocycles. The average Bonchev–Trinajstić information content (AvgIpc) is 2.89. The van der Waals surface area contributed by atoms with Crippen LogP contribution in [-0.2, 0) is 39.1 Å². The molecule has 0 aromatic carbocycles. The summed E-state index contributed by atoms with van der Waals surface area (Å²) in [6.07, 6.45) is 5.50. The Kier molecular flexibility index (Phi) is 29.1. The van der Waals surface area contributed by atoms with Crippen LogP contribution in [0.25, 0.3) is 0 Å². The van der Waals surface area contributed by atoms with Gasteiger partial charge in [0, 0.05) is 19.2 Å². The Morgan fingerprint density at radius 1 is 0.628 bits per heavy atom. The summed E-state index contributed by atoms with van der Waals surface area (Å²) < 4.78 is 61.2. The number of esters is 2. The van der Waals surface area contributed by atoms with Crippen LogP contribution in [-0.4, -0.2) is 83.9 Å². The zero-order valence-electron chi connectivity index (χ0n) is 26.9. The molecule has 2 fully saturated rings. The van der Waals surface area contributed by atoms with Gasteiger partial charge in [0.15, 0.2) is 0 Å². The van der Waals surface area contributed by atoms with Crippen molar-refractivity contribution in [2.75, 3.05) is 28.4 Å². The van der Waals surface area contributed by atoms with Gasteiger partial charge >= 0.3 is 41.5 Å². The van der Waals surface area contributed by atoms with E-state index < -0.39 is 29.5 Å². The molecule has 0 atom stereocenters. The molecule has 0 aromatic rings. The Bertz CT molecular complexity index is 869. The van der Waals surface area contributed by atoms with Gasteiger partial charge in [-0.1, -0.05) is 14.9 Å². The second kappa shape index (κ2) is 23.9. The Hall–Kier alpha value is -0.320. The Labute approximate surface area is 285 Å². The topological polar surface area (TPSA) is 188 Å². The van der Waals surface area contributed by atoms with Crippen LogP contribution >= 0.6 is 0 Å². The largest absolute Gasteiger partial charge is 1.00 e. The van der Waals surface area contributed by atoms with Crippen LogP contribution in [0.2, 0.25) is 0 Å². The fourth-order valence-corrected chi connectivity index (χ4v) is 6.08. The summed E-state index contributed by atoms with van der Waals surface area (Å²) in [5.41, 5.74) is 0. The minimum Gasteiger partial charge on any atom is -0.857 e. The van der Waals surface area contributed by atoms with Crippen molar-refractivity contribution in [3.8, 4) is 0 Å². The fraction of sp³-hybridized carbons (Fsp3) is 0.929. The van der Waals surface area contributed by atoms with Gasteiger partial charge < -0.3 is 19.7 Å². The number of hydrogen-bond acceptors (Lipinski definition) is 10. The quantitative estimate of drug-likeness (QED) is 0.250. The average molecular weight is 673 g/mol.